The van der Waals surface area contributed by atoms with E-state index in [-0.39, 0.29) is 0 Å². The average molecular weight is 247 g/mol. The zero-order chi connectivity index (χ0) is 13.5. The summed E-state index contributed by atoms with van der Waals surface area (Å²) in [5.41, 5.74) is 2.82. The van der Waals surface area contributed by atoms with Crippen LogP contribution in [-0.4, -0.2) is 12.1 Å². The van der Waals surface area contributed by atoms with Crippen LogP contribution in [0.5, 0.6) is 0 Å². The van der Waals surface area contributed by atoms with Gasteiger partial charge in [-0.05, 0) is 45.1 Å². The molecule has 1 nitrogen and oxygen atoms in total. The fraction of sp³-hybridized carbons (Fsp3) is 0.647. The van der Waals surface area contributed by atoms with Crippen LogP contribution in [0.2, 0.25) is 0 Å². The van der Waals surface area contributed by atoms with Crippen LogP contribution >= 0.6 is 0 Å². The predicted molar refractivity (Wildman–Crippen MR) is 81.0 cm³/mol. The molecule has 3 unspecified atom stereocenters. The van der Waals surface area contributed by atoms with Crippen LogP contribution in [0.1, 0.15) is 51.7 Å². The van der Waals surface area contributed by atoms with Crippen LogP contribution in [-0.2, 0) is 6.42 Å². The van der Waals surface area contributed by atoms with Gasteiger partial charge in [-0.3, -0.25) is 0 Å². The second-order valence-electron chi connectivity index (χ2n) is 5.77. The Kier molecular flexibility index (Phi) is 6.42. The third-order valence-corrected chi connectivity index (χ3v) is 3.99. The smallest absolute Gasteiger partial charge is 0.00667 e. The zero-order valence-electron chi connectivity index (χ0n) is 12.7. The minimum absolute atomic E-state index is 0.592. The molecule has 3 atom stereocenters. The van der Waals surface area contributed by atoms with Crippen molar-refractivity contribution < 1.29 is 0 Å². The molecule has 18 heavy (non-hydrogen) atoms. The molecule has 0 radical (unpaired) electrons. The Morgan fingerprint density at radius 3 is 2.50 bits per heavy atom. The summed E-state index contributed by atoms with van der Waals surface area (Å²) in [6.07, 6.45) is 3.63. The van der Waals surface area contributed by atoms with E-state index >= 15 is 0 Å². The first-order valence-corrected chi connectivity index (χ1v) is 7.34. The highest BCUT2D eigenvalue weighted by molar-refractivity contribution is 5.22. The van der Waals surface area contributed by atoms with Crippen LogP contribution in [0.15, 0.2) is 24.3 Å². The van der Waals surface area contributed by atoms with Gasteiger partial charge in [-0.15, -0.1) is 0 Å². The minimum atomic E-state index is 0.592. The molecule has 102 valence electrons. The molecule has 0 aromatic heterocycles. The summed E-state index contributed by atoms with van der Waals surface area (Å²) in [4.78, 5) is 0. The molecule has 0 spiro atoms. The van der Waals surface area contributed by atoms with Crippen molar-refractivity contribution in [1.29, 1.82) is 0 Å². The lowest BCUT2D eigenvalue weighted by Gasteiger charge is -2.24. The first kappa shape index (κ1) is 15.2. The van der Waals surface area contributed by atoms with E-state index in [1.54, 1.807) is 0 Å². The summed E-state index contributed by atoms with van der Waals surface area (Å²) in [5, 5.41) is 3.72. The first-order valence-electron chi connectivity index (χ1n) is 7.34. The molecule has 1 heteroatoms. The van der Waals surface area contributed by atoms with E-state index in [2.05, 4.69) is 64.2 Å². The van der Waals surface area contributed by atoms with E-state index in [4.69, 9.17) is 0 Å². The monoisotopic (exact) mass is 247 g/mol. The molecular formula is C17H29N. The highest BCUT2D eigenvalue weighted by atomic mass is 14.9. The van der Waals surface area contributed by atoms with Crippen molar-refractivity contribution in [2.45, 2.75) is 66.0 Å². The van der Waals surface area contributed by atoms with Gasteiger partial charge < -0.3 is 5.32 Å². The normalized spacial score (nSPS) is 16.3. The standard InChI is InChI=1S/C17H29N/c1-6-14(3)16(5)18-15(4)10-11-17-9-7-8-13(2)12-17/h7-9,12,14-16,18H,6,10-11H2,1-5H3. The molecule has 1 N–H and O–H groups in total. The second kappa shape index (κ2) is 7.58. The number of aryl methyl sites for hydroxylation is 2. The quantitative estimate of drug-likeness (QED) is 0.755. The summed E-state index contributed by atoms with van der Waals surface area (Å²) in [7, 11) is 0. The van der Waals surface area contributed by atoms with Crippen molar-refractivity contribution >= 4 is 0 Å². The summed E-state index contributed by atoms with van der Waals surface area (Å²) in [5.74, 6) is 0.756. The van der Waals surface area contributed by atoms with Crippen LogP contribution in [0.25, 0.3) is 0 Å². The second-order valence-corrected chi connectivity index (χ2v) is 5.77. The maximum atomic E-state index is 3.72. The largest absolute Gasteiger partial charge is 0.312 e. The van der Waals surface area contributed by atoms with Crippen molar-refractivity contribution in [2.75, 3.05) is 0 Å². The summed E-state index contributed by atoms with van der Waals surface area (Å²) in [6.45, 7) is 11.4. The van der Waals surface area contributed by atoms with Crippen LogP contribution in [0.4, 0.5) is 0 Å². The van der Waals surface area contributed by atoms with Gasteiger partial charge in [-0.25, -0.2) is 0 Å². The van der Waals surface area contributed by atoms with Crippen molar-refractivity contribution in [3.8, 4) is 0 Å². The molecule has 0 saturated heterocycles. The minimum Gasteiger partial charge on any atom is -0.312 e. The van der Waals surface area contributed by atoms with Crippen molar-refractivity contribution in [3.05, 3.63) is 35.4 Å². The molecule has 0 aliphatic rings. The number of hydrogen-bond acceptors (Lipinski definition) is 1. The molecule has 1 rings (SSSR count). The van der Waals surface area contributed by atoms with Gasteiger partial charge in [0.25, 0.3) is 0 Å². The zero-order valence-corrected chi connectivity index (χ0v) is 12.7. The van der Waals surface area contributed by atoms with E-state index in [1.807, 2.05) is 0 Å². The lowest BCUT2D eigenvalue weighted by Crippen LogP contribution is -2.38. The summed E-state index contributed by atoms with van der Waals surface area (Å²) < 4.78 is 0. The topological polar surface area (TPSA) is 12.0 Å². The van der Waals surface area contributed by atoms with Crippen LogP contribution in [0.3, 0.4) is 0 Å². The third-order valence-electron chi connectivity index (χ3n) is 3.99. The van der Waals surface area contributed by atoms with Crippen molar-refractivity contribution in [3.63, 3.8) is 0 Å². The van der Waals surface area contributed by atoms with E-state index in [0.29, 0.717) is 12.1 Å². The van der Waals surface area contributed by atoms with E-state index in [1.165, 1.54) is 30.4 Å². The van der Waals surface area contributed by atoms with Gasteiger partial charge in [0.05, 0.1) is 0 Å². The average Bonchev–Trinajstić information content (AvgIpc) is 2.35. The number of nitrogens with one attached hydrogen (secondary N) is 1. The van der Waals surface area contributed by atoms with Crippen molar-refractivity contribution in [2.24, 2.45) is 5.92 Å². The Balaban J connectivity index is 2.35. The number of rotatable bonds is 7. The fourth-order valence-corrected chi connectivity index (χ4v) is 2.30. The molecule has 0 amide bonds. The Morgan fingerprint density at radius 1 is 1.17 bits per heavy atom. The predicted octanol–water partition coefficient (Wildman–Crippen LogP) is 4.34. The highest BCUT2D eigenvalue weighted by Crippen LogP contribution is 2.11. The number of benzene rings is 1. The number of hydrogen-bond donors (Lipinski definition) is 1. The molecule has 1 aromatic carbocycles. The van der Waals surface area contributed by atoms with Crippen molar-refractivity contribution in [1.82, 2.24) is 5.32 Å². The molecule has 0 heterocycles. The molecule has 0 bridgehead atoms. The third kappa shape index (κ3) is 5.22. The van der Waals surface area contributed by atoms with E-state index in [9.17, 15) is 0 Å². The van der Waals surface area contributed by atoms with Gasteiger partial charge in [0, 0.05) is 12.1 Å². The maximum absolute atomic E-state index is 3.72. The Bertz CT molecular complexity index is 345. The molecular weight excluding hydrogens is 218 g/mol. The van der Waals surface area contributed by atoms with Gasteiger partial charge >= 0.3 is 0 Å². The summed E-state index contributed by atoms with van der Waals surface area (Å²) in [6, 6.07) is 10.1. The van der Waals surface area contributed by atoms with Gasteiger partial charge in [-0.1, -0.05) is 50.1 Å². The lowest BCUT2D eigenvalue weighted by atomic mass is 9.98. The fourth-order valence-electron chi connectivity index (χ4n) is 2.30. The van der Waals surface area contributed by atoms with Crippen LogP contribution in [0, 0.1) is 12.8 Å². The molecule has 0 aliphatic heterocycles. The Morgan fingerprint density at radius 2 is 1.89 bits per heavy atom. The van der Waals surface area contributed by atoms with Gasteiger partial charge in [0.15, 0.2) is 0 Å². The van der Waals surface area contributed by atoms with Crippen LogP contribution < -0.4 is 5.32 Å². The Labute approximate surface area is 113 Å². The van der Waals surface area contributed by atoms with Gasteiger partial charge in [-0.2, -0.15) is 0 Å². The summed E-state index contributed by atoms with van der Waals surface area (Å²) >= 11 is 0. The maximum Gasteiger partial charge on any atom is 0.00667 e. The van der Waals surface area contributed by atoms with E-state index in [0.717, 1.165) is 5.92 Å². The highest BCUT2D eigenvalue weighted by Gasteiger charge is 2.12. The molecule has 0 saturated carbocycles. The lowest BCUT2D eigenvalue weighted by molar-refractivity contribution is 0.348. The first-order chi connectivity index (χ1) is 8.52. The molecule has 0 aliphatic carbocycles. The Hall–Kier alpha value is -0.820. The molecule has 1 aromatic rings. The van der Waals surface area contributed by atoms with Gasteiger partial charge in [0.2, 0.25) is 0 Å². The molecule has 0 fully saturated rings. The SMILES string of the molecule is CCC(C)C(C)NC(C)CCc1cccc(C)c1. The van der Waals surface area contributed by atoms with Gasteiger partial charge in [0.1, 0.15) is 0 Å². The van der Waals surface area contributed by atoms with E-state index < -0.39 is 0 Å².